The zero-order chi connectivity index (χ0) is 15.0. The Kier molecular flexibility index (Phi) is 6.02. The van der Waals surface area contributed by atoms with Crippen LogP contribution in [0.25, 0.3) is 0 Å². The van der Waals surface area contributed by atoms with Crippen molar-refractivity contribution in [1.29, 1.82) is 0 Å². The Morgan fingerprint density at radius 1 is 1.30 bits per heavy atom. The van der Waals surface area contributed by atoms with Gasteiger partial charge in [-0.25, -0.2) is 9.59 Å². The normalized spacial score (nSPS) is 9.50. The number of ether oxygens (including phenoxy) is 2. The zero-order valence-corrected chi connectivity index (χ0v) is 11.3. The molecule has 1 heterocycles. The van der Waals surface area contributed by atoms with E-state index >= 15 is 0 Å². The number of carbonyl (C=O) groups excluding carboxylic acids is 2. The van der Waals surface area contributed by atoms with Crippen LogP contribution in [-0.2, 0) is 19.1 Å². The largest absolute Gasteiger partial charge is 0.462 e. The van der Waals surface area contributed by atoms with Gasteiger partial charge in [-0.3, -0.25) is 5.21 Å². The molecule has 7 heteroatoms. The third-order valence-electron chi connectivity index (χ3n) is 2.16. The first-order chi connectivity index (χ1) is 9.58. The Morgan fingerprint density at radius 2 is 1.90 bits per heavy atom. The quantitative estimate of drug-likeness (QED) is 0.199. The van der Waals surface area contributed by atoms with Crippen molar-refractivity contribution in [2.24, 2.45) is 0 Å². The highest BCUT2D eigenvalue weighted by Crippen LogP contribution is 2.06. The molecule has 0 bridgehead atoms. The maximum absolute atomic E-state index is 11.7. The van der Waals surface area contributed by atoms with Crippen molar-refractivity contribution in [2.45, 2.75) is 13.8 Å². The predicted octanol–water partition coefficient (Wildman–Crippen LogP) is 0.633. The number of carbonyl (C=O) groups is 2. The van der Waals surface area contributed by atoms with Crippen LogP contribution in [0.15, 0.2) is 36.3 Å². The van der Waals surface area contributed by atoms with E-state index in [1.165, 1.54) is 18.6 Å². The summed E-state index contributed by atoms with van der Waals surface area (Å²) in [6.45, 7) is 3.58. The highest BCUT2D eigenvalue weighted by atomic mass is 16.6. The highest BCUT2D eigenvalue weighted by molar-refractivity contribution is 6.14. The maximum Gasteiger partial charge on any atom is 0.347 e. The number of hydrogen-bond acceptors (Lipinski definition) is 6. The Morgan fingerprint density at radius 3 is 2.40 bits per heavy atom. The second kappa shape index (κ2) is 7.78. The van der Waals surface area contributed by atoms with Gasteiger partial charge in [0.2, 0.25) is 12.4 Å². The average molecular weight is 281 g/mol. The molecule has 7 nitrogen and oxygen atoms in total. The monoisotopic (exact) mass is 281 g/mol. The lowest BCUT2D eigenvalue weighted by atomic mass is 10.3. The Bertz CT molecular complexity index is 493. The van der Waals surface area contributed by atoms with Crippen LogP contribution in [0.2, 0.25) is 0 Å². The molecule has 20 heavy (non-hydrogen) atoms. The molecular weight excluding hydrogens is 264 g/mol. The van der Waals surface area contributed by atoms with Gasteiger partial charge in [-0.2, -0.15) is 0 Å². The van der Waals surface area contributed by atoms with Crippen LogP contribution in [0.1, 0.15) is 13.8 Å². The standard InChI is InChI=1S/C13H16N2O5/c1-3-19-12(16)11(13(17)20-4-2)8-14-10-6-5-7-15(18)9-10/h5-9H,3-4H2,1-2H3,(H-,14,16,17,18)/p+1. The summed E-state index contributed by atoms with van der Waals surface area (Å²) in [7, 11) is 0. The molecule has 0 amide bonds. The first-order valence-electron chi connectivity index (χ1n) is 6.10. The highest BCUT2D eigenvalue weighted by Gasteiger charge is 2.21. The third-order valence-corrected chi connectivity index (χ3v) is 2.16. The lowest BCUT2D eigenvalue weighted by molar-refractivity contribution is -0.904. The van der Waals surface area contributed by atoms with Crippen molar-refractivity contribution >= 4 is 17.6 Å². The minimum Gasteiger partial charge on any atom is -0.462 e. The molecule has 0 aliphatic carbocycles. The van der Waals surface area contributed by atoms with E-state index in [-0.39, 0.29) is 18.8 Å². The van der Waals surface area contributed by atoms with Crippen LogP contribution in [0, 0.1) is 0 Å². The summed E-state index contributed by atoms with van der Waals surface area (Å²) in [5, 5.41) is 12.0. The van der Waals surface area contributed by atoms with Crippen molar-refractivity contribution in [3.63, 3.8) is 0 Å². The number of hydrogen-bond donors (Lipinski definition) is 2. The summed E-state index contributed by atoms with van der Waals surface area (Å²) in [6.07, 6.45) is 3.97. The number of anilines is 1. The Labute approximate surface area is 116 Å². The number of pyridine rings is 1. The third kappa shape index (κ3) is 4.60. The van der Waals surface area contributed by atoms with Crippen LogP contribution in [0.5, 0.6) is 0 Å². The van der Waals surface area contributed by atoms with Gasteiger partial charge in [-0.05, 0) is 19.9 Å². The summed E-state index contributed by atoms with van der Waals surface area (Å²) in [5.74, 6) is -1.54. The number of nitrogens with zero attached hydrogens (tertiary/aromatic N) is 1. The van der Waals surface area contributed by atoms with Crippen molar-refractivity contribution < 1.29 is 29.0 Å². The van der Waals surface area contributed by atoms with E-state index < -0.39 is 11.9 Å². The molecule has 1 aromatic rings. The average Bonchev–Trinajstić information content (AvgIpc) is 2.39. The number of esters is 2. The number of aromatic nitrogens is 1. The fourth-order valence-electron chi connectivity index (χ4n) is 1.32. The number of rotatable bonds is 6. The fraction of sp³-hybridized carbons (Fsp3) is 0.308. The van der Waals surface area contributed by atoms with E-state index in [1.54, 1.807) is 26.0 Å². The topological polar surface area (TPSA) is 88.7 Å². The van der Waals surface area contributed by atoms with Crippen LogP contribution in [-0.4, -0.2) is 30.4 Å². The van der Waals surface area contributed by atoms with Crippen LogP contribution in [0.3, 0.4) is 0 Å². The van der Waals surface area contributed by atoms with E-state index in [1.807, 2.05) is 0 Å². The van der Waals surface area contributed by atoms with Crippen molar-refractivity contribution in [3.05, 3.63) is 36.3 Å². The number of nitrogens with one attached hydrogen (secondary N) is 1. The van der Waals surface area contributed by atoms with E-state index in [9.17, 15) is 14.8 Å². The van der Waals surface area contributed by atoms with Gasteiger partial charge < -0.3 is 14.8 Å². The second-order valence-electron chi connectivity index (χ2n) is 3.62. The summed E-state index contributed by atoms with van der Waals surface area (Å²) in [4.78, 5) is 23.3. The lowest BCUT2D eigenvalue weighted by Crippen LogP contribution is -2.28. The zero-order valence-electron chi connectivity index (χ0n) is 11.3. The molecule has 0 aromatic carbocycles. The van der Waals surface area contributed by atoms with Crippen molar-refractivity contribution in [2.75, 3.05) is 18.5 Å². The molecule has 2 N–H and O–H groups in total. The van der Waals surface area contributed by atoms with Gasteiger partial charge in [0.1, 0.15) is 5.69 Å². The van der Waals surface area contributed by atoms with Gasteiger partial charge in [0, 0.05) is 17.0 Å². The molecule has 1 rings (SSSR count). The first kappa shape index (κ1) is 15.5. The minimum atomic E-state index is -0.772. The molecule has 0 radical (unpaired) electrons. The van der Waals surface area contributed by atoms with E-state index in [2.05, 4.69) is 5.32 Å². The van der Waals surface area contributed by atoms with Gasteiger partial charge >= 0.3 is 11.9 Å². The SMILES string of the molecule is CCOC(=O)C(=CNc1ccc[n+](O)c1)C(=O)OCC. The fourth-order valence-corrected chi connectivity index (χ4v) is 1.32. The second-order valence-corrected chi connectivity index (χ2v) is 3.62. The molecule has 0 aliphatic heterocycles. The molecule has 0 fully saturated rings. The van der Waals surface area contributed by atoms with Crippen LogP contribution >= 0.6 is 0 Å². The Balaban J connectivity index is 2.89. The van der Waals surface area contributed by atoms with Gasteiger partial charge in [0.15, 0.2) is 5.57 Å². The summed E-state index contributed by atoms with van der Waals surface area (Å²) < 4.78 is 10.4. The summed E-state index contributed by atoms with van der Waals surface area (Å²) >= 11 is 0. The molecule has 0 saturated heterocycles. The van der Waals surface area contributed by atoms with Gasteiger partial charge in [0.05, 0.1) is 13.2 Å². The van der Waals surface area contributed by atoms with Crippen molar-refractivity contribution in [1.82, 2.24) is 0 Å². The molecule has 0 saturated carbocycles. The molecule has 1 aromatic heterocycles. The first-order valence-corrected chi connectivity index (χ1v) is 6.10. The summed E-state index contributed by atoms with van der Waals surface area (Å²) in [5.41, 5.74) is 0.239. The predicted molar refractivity (Wildman–Crippen MR) is 68.8 cm³/mol. The molecule has 0 aliphatic rings. The maximum atomic E-state index is 11.7. The Hall–Kier alpha value is -2.57. The smallest absolute Gasteiger partial charge is 0.347 e. The lowest BCUT2D eigenvalue weighted by Gasteiger charge is -2.06. The van der Waals surface area contributed by atoms with E-state index in [0.717, 1.165) is 4.73 Å². The van der Waals surface area contributed by atoms with E-state index in [4.69, 9.17) is 9.47 Å². The minimum absolute atomic E-state index is 0.150. The van der Waals surface area contributed by atoms with Gasteiger partial charge in [-0.1, -0.05) is 0 Å². The molecule has 0 unspecified atom stereocenters. The molecule has 0 atom stereocenters. The van der Waals surface area contributed by atoms with Crippen LogP contribution < -0.4 is 10.0 Å². The van der Waals surface area contributed by atoms with Crippen molar-refractivity contribution in [3.8, 4) is 0 Å². The van der Waals surface area contributed by atoms with Gasteiger partial charge in [-0.15, -0.1) is 0 Å². The van der Waals surface area contributed by atoms with Gasteiger partial charge in [0.25, 0.3) is 0 Å². The van der Waals surface area contributed by atoms with Crippen LogP contribution in [0.4, 0.5) is 5.69 Å². The molecule has 108 valence electrons. The molecular formula is C13H17N2O5+. The molecule has 0 spiro atoms. The van der Waals surface area contributed by atoms with E-state index in [0.29, 0.717) is 5.69 Å². The summed E-state index contributed by atoms with van der Waals surface area (Å²) in [6, 6.07) is 3.24.